The molecule has 0 fully saturated rings. The maximum atomic E-state index is 13.7. The second-order valence-corrected chi connectivity index (χ2v) is 10.0. The van der Waals surface area contributed by atoms with E-state index in [1.807, 2.05) is 31.2 Å². The van der Waals surface area contributed by atoms with Crippen LogP contribution in [-0.2, 0) is 16.4 Å². The number of anilines is 3. The Bertz CT molecular complexity index is 1280. The average Bonchev–Trinajstić information content (AvgIpc) is 2.79. The number of ether oxygens (including phenoxy) is 1. The SMILES string of the molecule is COc1cccc(NC(=S)Nc2ccc(S(=O)(=O)N3c4ccc(F)cc4CC[C@@H]3C)cc2)c1. The van der Waals surface area contributed by atoms with Crippen LogP contribution in [0.15, 0.2) is 71.6 Å². The van der Waals surface area contributed by atoms with Crippen LogP contribution in [0.5, 0.6) is 5.75 Å². The Hall–Kier alpha value is -3.17. The first-order chi connectivity index (χ1) is 15.8. The van der Waals surface area contributed by atoms with E-state index in [4.69, 9.17) is 17.0 Å². The first kappa shape index (κ1) is 23.0. The van der Waals surface area contributed by atoms with Crippen molar-refractivity contribution in [1.82, 2.24) is 0 Å². The third-order valence-corrected chi connectivity index (χ3v) is 7.65. The monoisotopic (exact) mass is 485 g/mol. The highest BCUT2D eigenvalue weighted by molar-refractivity contribution is 7.92. The summed E-state index contributed by atoms with van der Waals surface area (Å²) in [5, 5.41) is 6.47. The maximum Gasteiger partial charge on any atom is 0.264 e. The molecule has 0 aromatic heterocycles. The Morgan fingerprint density at radius 1 is 1.06 bits per heavy atom. The van der Waals surface area contributed by atoms with Crippen molar-refractivity contribution in [1.29, 1.82) is 0 Å². The van der Waals surface area contributed by atoms with Crippen molar-refractivity contribution >= 4 is 44.4 Å². The summed E-state index contributed by atoms with van der Waals surface area (Å²) in [5.74, 6) is 0.336. The van der Waals surface area contributed by atoms with Gasteiger partial charge in [0.25, 0.3) is 10.0 Å². The molecule has 9 heteroatoms. The summed E-state index contributed by atoms with van der Waals surface area (Å²) in [7, 11) is -2.23. The van der Waals surface area contributed by atoms with Crippen LogP contribution in [0.1, 0.15) is 18.9 Å². The summed E-state index contributed by atoms with van der Waals surface area (Å²) in [6.07, 6.45) is 1.26. The maximum absolute atomic E-state index is 13.7. The van der Waals surface area contributed by atoms with Crippen LogP contribution in [-0.4, -0.2) is 26.7 Å². The molecule has 3 aromatic rings. The number of hydrogen-bond acceptors (Lipinski definition) is 4. The minimum absolute atomic E-state index is 0.156. The molecular formula is C24H24FN3O3S2. The lowest BCUT2D eigenvalue weighted by Gasteiger charge is -2.36. The van der Waals surface area contributed by atoms with Crippen molar-refractivity contribution in [2.75, 3.05) is 22.0 Å². The molecule has 0 aliphatic carbocycles. The molecule has 2 N–H and O–H groups in total. The summed E-state index contributed by atoms with van der Waals surface area (Å²) in [5.41, 5.74) is 2.63. The Morgan fingerprint density at radius 3 is 2.52 bits per heavy atom. The van der Waals surface area contributed by atoms with E-state index in [2.05, 4.69) is 10.6 Å². The summed E-state index contributed by atoms with van der Waals surface area (Å²) in [6, 6.07) is 17.8. The molecule has 1 heterocycles. The first-order valence-corrected chi connectivity index (χ1v) is 12.3. The minimum Gasteiger partial charge on any atom is -0.497 e. The number of fused-ring (bicyclic) bond motifs is 1. The van der Waals surface area contributed by atoms with Gasteiger partial charge in [0.05, 0.1) is 17.7 Å². The number of aryl methyl sites for hydroxylation is 1. The van der Waals surface area contributed by atoms with E-state index in [1.165, 1.54) is 34.6 Å². The van der Waals surface area contributed by atoms with E-state index in [0.29, 0.717) is 40.6 Å². The van der Waals surface area contributed by atoms with Gasteiger partial charge in [0.1, 0.15) is 11.6 Å². The minimum atomic E-state index is -3.82. The van der Waals surface area contributed by atoms with Crippen LogP contribution >= 0.6 is 12.2 Å². The van der Waals surface area contributed by atoms with Crippen LogP contribution in [0, 0.1) is 5.82 Å². The van der Waals surface area contributed by atoms with Gasteiger partial charge in [-0.25, -0.2) is 12.8 Å². The normalized spacial score (nSPS) is 15.5. The third-order valence-electron chi connectivity index (χ3n) is 5.51. The van der Waals surface area contributed by atoms with Crippen molar-refractivity contribution in [3.8, 4) is 5.75 Å². The molecule has 0 unspecified atom stereocenters. The quantitative estimate of drug-likeness (QED) is 0.486. The fourth-order valence-electron chi connectivity index (χ4n) is 3.87. The Morgan fingerprint density at radius 2 is 1.79 bits per heavy atom. The van der Waals surface area contributed by atoms with E-state index < -0.39 is 10.0 Å². The van der Waals surface area contributed by atoms with Gasteiger partial charge < -0.3 is 15.4 Å². The molecule has 1 aliphatic rings. The number of halogens is 1. The van der Waals surface area contributed by atoms with Crippen molar-refractivity contribution in [2.45, 2.75) is 30.7 Å². The predicted octanol–water partition coefficient (Wildman–Crippen LogP) is 5.17. The van der Waals surface area contributed by atoms with Crippen molar-refractivity contribution < 1.29 is 17.5 Å². The van der Waals surface area contributed by atoms with Crippen LogP contribution in [0.4, 0.5) is 21.5 Å². The molecule has 6 nitrogen and oxygen atoms in total. The Labute approximate surface area is 198 Å². The zero-order chi connectivity index (χ0) is 23.6. The summed E-state index contributed by atoms with van der Waals surface area (Å²) >= 11 is 5.36. The van der Waals surface area contributed by atoms with Gasteiger partial charge in [-0.2, -0.15) is 0 Å². The van der Waals surface area contributed by atoms with Gasteiger partial charge in [-0.15, -0.1) is 0 Å². The molecule has 0 spiro atoms. The number of nitrogens with zero attached hydrogens (tertiary/aromatic N) is 1. The summed E-state index contributed by atoms with van der Waals surface area (Å²) in [6.45, 7) is 1.86. The molecule has 1 atom stereocenters. The second kappa shape index (κ2) is 9.36. The fraction of sp³-hybridized carbons (Fsp3) is 0.208. The van der Waals surface area contributed by atoms with Gasteiger partial charge in [-0.1, -0.05) is 6.07 Å². The summed E-state index contributed by atoms with van der Waals surface area (Å²) < 4.78 is 47.1. The average molecular weight is 486 g/mol. The first-order valence-electron chi connectivity index (χ1n) is 10.4. The number of benzene rings is 3. The van der Waals surface area contributed by atoms with Gasteiger partial charge in [0.15, 0.2) is 5.11 Å². The lowest BCUT2D eigenvalue weighted by molar-refractivity contribution is 0.415. The van der Waals surface area contributed by atoms with Crippen LogP contribution in [0.25, 0.3) is 0 Å². The molecule has 3 aromatic carbocycles. The number of hydrogen-bond donors (Lipinski definition) is 2. The Balaban J connectivity index is 1.51. The van der Waals surface area contributed by atoms with Gasteiger partial charge in [0, 0.05) is 23.5 Å². The van der Waals surface area contributed by atoms with Crippen LogP contribution in [0.3, 0.4) is 0 Å². The van der Waals surface area contributed by atoms with E-state index in [0.717, 1.165) is 5.69 Å². The van der Waals surface area contributed by atoms with E-state index in [9.17, 15) is 12.8 Å². The summed E-state index contributed by atoms with van der Waals surface area (Å²) in [4.78, 5) is 0.156. The molecule has 0 radical (unpaired) electrons. The van der Waals surface area contributed by atoms with Crippen molar-refractivity contribution in [3.63, 3.8) is 0 Å². The van der Waals surface area contributed by atoms with Gasteiger partial charge in [0.2, 0.25) is 0 Å². The number of nitrogens with one attached hydrogen (secondary N) is 2. The van der Waals surface area contributed by atoms with Crippen LogP contribution in [0.2, 0.25) is 0 Å². The topological polar surface area (TPSA) is 70.7 Å². The molecule has 0 saturated carbocycles. The van der Waals surface area contributed by atoms with Gasteiger partial charge in [-0.05, 0) is 92.1 Å². The third kappa shape index (κ3) is 4.94. The molecule has 0 bridgehead atoms. The number of thiocarbonyl (C=S) groups is 1. The lowest BCUT2D eigenvalue weighted by atomic mass is 9.99. The molecule has 0 amide bonds. The Kier molecular flexibility index (Phi) is 6.53. The molecule has 0 saturated heterocycles. The molecular weight excluding hydrogens is 461 g/mol. The lowest BCUT2D eigenvalue weighted by Crippen LogP contribution is -2.42. The highest BCUT2D eigenvalue weighted by Gasteiger charge is 2.33. The van der Waals surface area contributed by atoms with Gasteiger partial charge >= 0.3 is 0 Å². The molecule has 1 aliphatic heterocycles. The second-order valence-electron chi connectivity index (χ2n) is 7.80. The number of methoxy groups -OCH3 is 1. The highest BCUT2D eigenvalue weighted by Crippen LogP contribution is 2.36. The highest BCUT2D eigenvalue weighted by atomic mass is 32.2. The van der Waals surface area contributed by atoms with Crippen molar-refractivity contribution in [2.24, 2.45) is 0 Å². The smallest absolute Gasteiger partial charge is 0.264 e. The van der Waals surface area contributed by atoms with Gasteiger partial charge in [-0.3, -0.25) is 4.31 Å². The predicted molar refractivity (Wildman–Crippen MR) is 133 cm³/mol. The van der Waals surface area contributed by atoms with E-state index in [-0.39, 0.29) is 16.8 Å². The largest absolute Gasteiger partial charge is 0.497 e. The zero-order valence-corrected chi connectivity index (χ0v) is 19.8. The number of rotatable bonds is 5. The molecule has 172 valence electrons. The number of sulfonamides is 1. The zero-order valence-electron chi connectivity index (χ0n) is 18.2. The van der Waals surface area contributed by atoms with E-state index in [1.54, 1.807) is 19.2 Å². The standard InChI is InChI=1S/C24H24FN3O3S2/c1-16-6-7-17-14-18(25)8-13-23(17)28(16)33(29,30)22-11-9-19(10-12-22)26-24(32)27-20-4-3-5-21(15-20)31-2/h3-5,8-16H,6-7H2,1-2H3,(H2,26,27,32)/t16-/m0/s1. The fourth-order valence-corrected chi connectivity index (χ4v) is 5.83. The molecule has 4 rings (SSSR count). The van der Waals surface area contributed by atoms with Crippen molar-refractivity contribution in [3.05, 3.63) is 78.1 Å². The molecule has 33 heavy (non-hydrogen) atoms. The van der Waals surface area contributed by atoms with Crippen LogP contribution < -0.4 is 19.7 Å². The van der Waals surface area contributed by atoms with E-state index >= 15 is 0 Å².